The average molecular weight is 187 g/mol. The summed E-state index contributed by atoms with van der Waals surface area (Å²) in [6.45, 7) is 0. The van der Waals surface area contributed by atoms with E-state index in [9.17, 15) is 0 Å². The van der Waals surface area contributed by atoms with Crippen molar-refractivity contribution in [2.24, 2.45) is 0 Å². The molecule has 2 aromatic heterocycles. The van der Waals surface area contributed by atoms with Crippen LogP contribution in [0.5, 0.6) is 0 Å². The van der Waals surface area contributed by atoms with Crippen molar-refractivity contribution in [2.75, 3.05) is 0 Å². The Labute approximate surface area is 81.5 Å². The van der Waals surface area contributed by atoms with Crippen LogP contribution in [-0.2, 0) is 0 Å². The Balaban J connectivity index is 2.53. The number of nitriles is 1. The molecule has 62 valence electrons. The van der Waals surface area contributed by atoms with Gasteiger partial charge in [-0.3, -0.25) is 0 Å². The summed E-state index contributed by atoms with van der Waals surface area (Å²) in [4.78, 5) is 4.09. The first-order valence-electron chi connectivity index (χ1n) is 4.21. The van der Waals surface area contributed by atoms with Crippen LogP contribution < -0.4 is 0 Å². The molecule has 0 bridgehead atoms. The fourth-order valence-corrected chi connectivity index (χ4v) is 1.67. The van der Waals surface area contributed by atoms with Gasteiger partial charge in [0.15, 0.2) is 0 Å². The molecule has 0 saturated carbocycles. The highest BCUT2D eigenvalue weighted by Crippen LogP contribution is 2.19. The average Bonchev–Trinajstić information content (AvgIpc) is 2.71. The fraction of sp³-hybridized carbons (Fsp3) is 0. The van der Waals surface area contributed by atoms with E-state index in [0.717, 1.165) is 11.3 Å². The van der Waals surface area contributed by atoms with Crippen molar-refractivity contribution in [1.29, 1.82) is 5.26 Å². The Morgan fingerprint density at radius 2 is 2.46 bits per heavy atom. The topological polar surface area (TPSA) is 36.7 Å². The van der Waals surface area contributed by atoms with E-state index < -0.39 is 0 Å². The maximum Gasteiger partial charge on any atom is 0.141 e. The number of rotatable bonds is 1. The zero-order valence-electron chi connectivity index (χ0n) is 7.69. The lowest BCUT2D eigenvalue weighted by atomic mass is 10.2. The first kappa shape index (κ1) is 6.81. The van der Waals surface area contributed by atoms with Crippen LogP contribution in [0.25, 0.3) is 11.3 Å². The van der Waals surface area contributed by atoms with Crippen LogP contribution in [0.4, 0.5) is 0 Å². The zero-order valence-corrected chi connectivity index (χ0v) is 7.51. The normalized spacial score (nSPS) is 10.5. The third kappa shape index (κ3) is 1.58. The lowest BCUT2D eigenvalue weighted by molar-refractivity contribution is 1.27. The maximum atomic E-state index is 8.71. The first-order valence-corrected chi connectivity index (χ1v) is 4.66. The van der Waals surface area contributed by atoms with E-state index in [2.05, 4.69) is 4.98 Å². The third-order valence-corrected chi connectivity index (χ3v) is 2.30. The minimum absolute atomic E-state index is 0.173. The van der Waals surface area contributed by atoms with Crippen molar-refractivity contribution in [3.63, 3.8) is 0 Å². The van der Waals surface area contributed by atoms with Crippen LogP contribution in [0.15, 0.2) is 35.0 Å². The van der Waals surface area contributed by atoms with Crippen LogP contribution in [0.2, 0.25) is 0 Å². The van der Waals surface area contributed by atoms with E-state index in [1.54, 1.807) is 23.5 Å². The number of hydrogen-bond acceptors (Lipinski definition) is 3. The summed E-state index contributed by atoms with van der Waals surface area (Å²) in [5.74, 6) is 0. The second-order valence-corrected chi connectivity index (χ2v) is 3.23. The molecule has 0 radical (unpaired) electrons. The summed E-state index contributed by atoms with van der Waals surface area (Å²) < 4.78 is 7.41. The van der Waals surface area contributed by atoms with E-state index in [-0.39, 0.29) is 11.7 Å². The second kappa shape index (κ2) is 3.38. The standard InChI is InChI=1S/C10H6N2S/c11-6-9-2-1-3-10(12-9)8-4-5-13-7-8/h1-5,7H/i2D. The number of aromatic nitrogens is 1. The molecule has 0 unspecified atom stereocenters. The predicted octanol–water partition coefficient (Wildman–Crippen LogP) is 2.68. The van der Waals surface area contributed by atoms with Crippen molar-refractivity contribution in [3.05, 3.63) is 40.7 Å². The molecular weight excluding hydrogens is 180 g/mol. The second-order valence-electron chi connectivity index (χ2n) is 2.45. The molecule has 0 aliphatic rings. The Morgan fingerprint density at radius 1 is 1.54 bits per heavy atom. The largest absolute Gasteiger partial charge is 0.237 e. The molecule has 0 amide bonds. The molecule has 2 nitrogen and oxygen atoms in total. The summed E-state index contributed by atoms with van der Waals surface area (Å²) >= 11 is 1.58. The molecule has 0 fully saturated rings. The van der Waals surface area contributed by atoms with E-state index in [1.807, 2.05) is 22.9 Å². The summed E-state index contributed by atoms with van der Waals surface area (Å²) in [6, 6.07) is 7.37. The molecule has 3 heteroatoms. The monoisotopic (exact) mass is 187 g/mol. The molecule has 0 saturated heterocycles. The van der Waals surface area contributed by atoms with Crippen molar-refractivity contribution in [3.8, 4) is 17.3 Å². The summed E-state index contributed by atoms with van der Waals surface area (Å²) in [7, 11) is 0. The Hall–Kier alpha value is -1.66. The molecular formula is C10H6N2S. The molecule has 0 spiro atoms. The van der Waals surface area contributed by atoms with Crippen LogP contribution in [0.1, 0.15) is 7.06 Å². The number of hydrogen-bond donors (Lipinski definition) is 0. The van der Waals surface area contributed by atoms with Gasteiger partial charge in [-0.2, -0.15) is 16.6 Å². The SMILES string of the molecule is [2H]c1ccc(-c2ccsc2)nc1C#N. The van der Waals surface area contributed by atoms with Gasteiger partial charge < -0.3 is 0 Å². The first-order chi connectivity index (χ1) is 6.81. The Bertz CT molecular complexity index is 485. The van der Waals surface area contributed by atoms with Gasteiger partial charge in [-0.05, 0) is 23.6 Å². The highest BCUT2D eigenvalue weighted by atomic mass is 32.1. The number of pyridine rings is 1. The van der Waals surface area contributed by atoms with E-state index >= 15 is 0 Å². The van der Waals surface area contributed by atoms with Gasteiger partial charge in [0, 0.05) is 10.9 Å². The fourth-order valence-electron chi connectivity index (χ4n) is 1.02. The lowest BCUT2D eigenvalue weighted by Crippen LogP contribution is -1.84. The van der Waals surface area contributed by atoms with Crippen LogP contribution in [0.3, 0.4) is 0 Å². The summed E-state index contributed by atoms with van der Waals surface area (Å²) in [5.41, 5.74) is 1.92. The molecule has 2 aromatic rings. The predicted molar refractivity (Wildman–Crippen MR) is 52.3 cm³/mol. The van der Waals surface area contributed by atoms with Gasteiger partial charge in [0.2, 0.25) is 0 Å². The number of thiophene rings is 1. The molecule has 0 aromatic carbocycles. The lowest BCUT2D eigenvalue weighted by Gasteiger charge is -1.95. The molecule has 13 heavy (non-hydrogen) atoms. The molecule has 0 N–H and O–H groups in total. The minimum Gasteiger partial charge on any atom is -0.237 e. The highest BCUT2D eigenvalue weighted by Gasteiger charge is 1.99. The molecule has 2 heterocycles. The third-order valence-electron chi connectivity index (χ3n) is 1.62. The van der Waals surface area contributed by atoms with Gasteiger partial charge in [0.05, 0.1) is 7.06 Å². The van der Waals surface area contributed by atoms with Crippen molar-refractivity contribution in [1.82, 2.24) is 4.98 Å². The quantitative estimate of drug-likeness (QED) is 0.688. The van der Waals surface area contributed by atoms with Gasteiger partial charge >= 0.3 is 0 Å². The van der Waals surface area contributed by atoms with Crippen molar-refractivity contribution in [2.45, 2.75) is 0 Å². The molecule has 2 rings (SSSR count). The van der Waals surface area contributed by atoms with Gasteiger partial charge in [0.1, 0.15) is 11.8 Å². The van der Waals surface area contributed by atoms with Gasteiger partial charge in [0.25, 0.3) is 0 Å². The van der Waals surface area contributed by atoms with Gasteiger partial charge in [-0.1, -0.05) is 6.07 Å². The molecule has 0 aliphatic heterocycles. The molecule has 0 aliphatic carbocycles. The molecule has 0 atom stereocenters. The Kier molecular flexibility index (Phi) is 1.77. The minimum atomic E-state index is 0.173. The zero-order chi connectivity index (χ0) is 9.97. The van der Waals surface area contributed by atoms with E-state index in [0.29, 0.717) is 0 Å². The van der Waals surface area contributed by atoms with E-state index in [1.165, 1.54) is 0 Å². The van der Waals surface area contributed by atoms with Crippen LogP contribution >= 0.6 is 11.3 Å². The Morgan fingerprint density at radius 3 is 3.15 bits per heavy atom. The highest BCUT2D eigenvalue weighted by molar-refractivity contribution is 7.08. The van der Waals surface area contributed by atoms with Crippen LogP contribution in [0, 0.1) is 11.3 Å². The van der Waals surface area contributed by atoms with Crippen molar-refractivity contribution < 1.29 is 1.37 Å². The van der Waals surface area contributed by atoms with E-state index in [4.69, 9.17) is 6.63 Å². The van der Waals surface area contributed by atoms with Gasteiger partial charge in [-0.25, -0.2) is 4.98 Å². The summed E-state index contributed by atoms with van der Waals surface area (Å²) in [5, 5.41) is 12.6. The summed E-state index contributed by atoms with van der Waals surface area (Å²) in [6.07, 6.45) is 0. The number of nitrogens with zero attached hydrogens (tertiary/aromatic N) is 2. The van der Waals surface area contributed by atoms with Gasteiger partial charge in [-0.15, -0.1) is 0 Å². The smallest absolute Gasteiger partial charge is 0.141 e. The maximum absolute atomic E-state index is 8.71. The van der Waals surface area contributed by atoms with Crippen LogP contribution in [-0.4, -0.2) is 4.98 Å². The van der Waals surface area contributed by atoms with Crippen molar-refractivity contribution >= 4 is 11.3 Å².